The zero-order chi connectivity index (χ0) is 12.7. The first kappa shape index (κ1) is 11.0. The molecule has 0 amide bonds. The van der Waals surface area contributed by atoms with E-state index < -0.39 is 0 Å². The van der Waals surface area contributed by atoms with Crippen LogP contribution < -0.4 is 16.6 Å². The lowest BCUT2D eigenvalue weighted by atomic mass is 10.0. The van der Waals surface area contributed by atoms with Gasteiger partial charge in [-0.15, -0.1) is 0 Å². The summed E-state index contributed by atoms with van der Waals surface area (Å²) >= 11 is 0. The molecule has 0 saturated heterocycles. The van der Waals surface area contributed by atoms with E-state index in [4.69, 9.17) is 10.2 Å². The fourth-order valence-corrected chi connectivity index (χ4v) is 2.30. The Morgan fingerprint density at radius 1 is 1.17 bits per heavy atom. The summed E-state index contributed by atoms with van der Waals surface area (Å²) in [4.78, 5) is 2.13. The van der Waals surface area contributed by atoms with E-state index in [-0.39, 0.29) is 0 Å². The second-order valence-corrected chi connectivity index (χ2v) is 4.79. The Balaban J connectivity index is 2.19. The molecule has 18 heavy (non-hydrogen) atoms. The SMILES string of the molecule is CN(C)C1=CC=c2oc3c(c2C1)C=C(N)C=CC=3. The standard InChI is InChI=1S/C15H16N2O/c1-17(2)11-6-7-15-13(9-11)12-8-10(16)4-3-5-14(12)18-15/h3-8H,9,16H2,1-2H3. The van der Waals surface area contributed by atoms with Gasteiger partial charge in [0.05, 0.1) is 0 Å². The van der Waals surface area contributed by atoms with Crippen molar-refractivity contribution in [3.8, 4) is 0 Å². The summed E-state index contributed by atoms with van der Waals surface area (Å²) in [5, 5.41) is 0. The molecule has 1 aromatic rings. The van der Waals surface area contributed by atoms with Crippen LogP contribution in [0.4, 0.5) is 0 Å². The Labute approximate surface area is 106 Å². The number of furan rings is 1. The smallest absolute Gasteiger partial charge is 0.135 e. The normalized spacial score (nSPS) is 16.6. The highest BCUT2D eigenvalue weighted by molar-refractivity contribution is 5.65. The largest absolute Gasteiger partial charge is 0.456 e. The summed E-state index contributed by atoms with van der Waals surface area (Å²) in [7, 11) is 4.11. The Kier molecular flexibility index (Phi) is 2.40. The maximum absolute atomic E-state index is 5.91. The third kappa shape index (κ3) is 1.68. The molecule has 0 unspecified atom stereocenters. The molecule has 0 atom stereocenters. The number of nitrogens with two attached hydrogens (primary N) is 1. The van der Waals surface area contributed by atoms with E-state index >= 15 is 0 Å². The first-order valence-corrected chi connectivity index (χ1v) is 6.00. The van der Waals surface area contributed by atoms with Crippen LogP contribution in [-0.4, -0.2) is 19.0 Å². The summed E-state index contributed by atoms with van der Waals surface area (Å²) in [6, 6.07) is 0. The minimum absolute atomic E-state index is 0.759. The third-order valence-electron chi connectivity index (χ3n) is 3.31. The molecule has 1 aromatic heterocycles. The number of likely N-dealkylation sites (N-methyl/N-ethyl adjacent to an activating group) is 1. The maximum atomic E-state index is 5.91. The highest BCUT2D eigenvalue weighted by Gasteiger charge is 2.16. The van der Waals surface area contributed by atoms with Gasteiger partial charge in [0.1, 0.15) is 10.8 Å². The molecule has 0 spiro atoms. The Morgan fingerprint density at radius 3 is 2.78 bits per heavy atom. The molecule has 3 heteroatoms. The highest BCUT2D eigenvalue weighted by Crippen LogP contribution is 2.16. The van der Waals surface area contributed by atoms with Crippen molar-refractivity contribution in [2.45, 2.75) is 6.42 Å². The molecule has 2 aliphatic carbocycles. The number of rotatable bonds is 1. The van der Waals surface area contributed by atoms with E-state index in [1.807, 2.05) is 30.4 Å². The number of fused-ring (bicyclic) bond motifs is 3. The van der Waals surface area contributed by atoms with Crippen molar-refractivity contribution in [3.63, 3.8) is 0 Å². The molecular formula is C15H16N2O. The van der Waals surface area contributed by atoms with Crippen LogP contribution in [0.3, 0.4) is 0 Å². The number of allylic oxidation sites excluding steroid dienone is 4. The lowest BCUT2D eigenvalue weighted by Gasteiger charge is -2.18. The summed E-state index contributed by atoms with van der Waals surface area (Å²) in [6.07, 6.45) is 12.8. The van der Waals surface area contributed by atoms with Crippen molar-refractivity contribution in [1.82, 2.24) is 4.90 Å². The second-order valence-electron chi connectivity index (χ2n) is 4.79. The van der Waals surface area contributed by atoms with Gasteiger partial charge in [0.15, 0.2) is 0 Å². The molecule has 0 radical (unpaired) electrons. The highest BCUT2D eigenvalue weighted by atomic mass is 16.3. The van der Waals surface area contributed by atoms with E-state index in [1.165, 1.54) is 11.3 Å². The fraction of sp³-hybridized carbons (Fsp3) is 0.200. The first-order valence-electron chi connectivity index (χ1n) is 6.00. The van der Waals surface area contributed by atoms with Crippen molar-refractivity contribution in [1.29, 1.82) is 0 Å². The van der Waals surface area contributed by atoms with E-state index in [2.05, 4.69) is 25.1 Å². The zero-order valence-electron chi connectivity index (χ0n) is 10.6. The van der Waals surface area contributed by atoms with Crippen molar-refractivity contribution in [2.75, 3.05) is 14.1 Å². The molecular weight excluding hydrogens is 224 g/mol. The minimum atomic E-state index is 0.759. The lowest BCUT2D eigenvalue weighted by molar-refractivity contribution is 0.480. The van der Waals surface area contributed by atoms with Gasteiger partial charge in [-0.3, -0.25) is 0 Å². The van der Waals surface area contributed by atoms with Crippen molar-refractivity contribution in [2.24, 2.45) is 5.73 Å². The number of hydrogen-bond donors (Lipinski definition) is 1. The molecule has 92 valence electrons. The number of hydrogen-bond acceptors (Lipinski definition) is 3. The van der Waals surface area contributed by atoms with Crippen LogP contribution in [0.5, 0.6) is 0 Å². The predicted octanol–water partition coefficient (Wildman–Crippen LogP) is 0.712. The van der Waals surface area contributed by atoms with Gasteiger partial charge in [-0.05, 0) is 30.4 Å². The molecule has 2 aliphatic rings. The van der Waals surface area contributed by atoms with Gasteiger partial charge in [0.2, 0.25) is 0 Å². The molecule has 0 aromatic carbocycles. The monoisotopic (exact) mass is 240 g/mol. The van der Waals surface area contributed by atoms with Gasteiger partial charge in [-0.25, -0.2) is 0 Å². The predicted molar refractivity (Wildman–Crippen MR) is 73.7 cm³/mol. The molecule has 2 N–H and O–H groups in total. The third-order valence-corrected chi connectivity index (χ3v) is 3.31. The fourth-order valence-electron chi connectivity index (χ4n) is 2.30. The average Bonchev–Trinajstić information content (AvgIpc) is 2.56. The van der Waals surface area contributed by atoms with E-state index in [0.29, 0.717) is 0 Å². The van der Waals surface area contributed by atoms with Gasteiger partial charge in [-0.1, -0.05) is 6.08 Å². The average molecular weight is 240 g/mol. The minimum Gasteiger partial charge on any atom is -0.456 e. The van der Waals surface area contributed by atoms with E-state index in [0.717, 1.165) is 28.5 Å². The van der Waals surface area contributed by atoms with E-state index in [9.17, 15) is 0 Å². The van der Waals surface area contributed by atoms with Crippen molar-refractivity contribution < 1.29 is 4.42 Å². The molecule has 0 bridgehead atoms. The van der Waals surface area contributed by atoms with Crippen molar-refractivity contribution in [3.05, 3.63) is 51.6 Å². The Bertz CT molecular complexity index is 700. The van der Waals surface area contributed by atoms with Crippen LogP contribution in [0, 0.1) is 0 Å². The zero-order valence-corrected chi connectivity index (χ0v) is 10.6. The van der Waals surface area contributed by atoms with E-state index in [1.54, 1.807) is 0 Å². The van der Waals surface area contributed by atoms with Crippen LogP contribution in [0.2, 0.25) is 0 Å². The first-order chi connectivity index (χ1) is 8.65. The number of nitrogens with zero attached hydrogens (tertiary/aromatic N) is 1. The molecule has 3 rings (SSSR count). The topological polar surface area (TPSA) is 42.4 Å². The van der Waals surface area contributed by atoms with Crippen LogP contribution in [-0.2, 0) is 6.42 Å². The van der Waals surface area contributed by atoms with Crippen molar-refractivity contribution >= 4 is 18.2 Å². The quantitative estimate of drug-likeness (QED) is 0.786. The molecule has 0 aliphatic heterocycles. The lowest BCUT2D eigenvalue weighted by Crippen LogP contribution is -2.19. The molecule has 1 heterocycles. The van der Waals surface area contributed by atoms with Crippen LogP contribution in [0.1, 0.15) is 11.1 Å². The van der Waals surface area contributed by atoms with Gasteiger partial charge in [-0.2, -0.15) is 0 Å². The van der Waals surface area contributed by atoms with Crippen LogP contribution >= 0.6 is 0 Å². The molecule has 3 nitrogen and oxygen atoms in total. The summed E-state index contributed by atoms with van der Waals surface area (Å²) in [5.74, 6) is 0. The molecule has 0 saturated carbocycles. The summed E-state index contributed by atoms with van der Waals surface area (Å²) < 4.78 is 5.86. The van der Waals surface area contributed by atoms with Gasteiger partial charge in [0.25, 0.3) is 0 Å². The molecule has 0 fully saturated rings. The Hall–Kier alpha value is -2.16. The maximum Gasteiger partial charge on any atom is 0.135 e. The Morgan fingerprint density at radius 2 is 2.00 bits per heavy atom. The summed E-state index contributed by atoms with van der Waals surface area (Å²) in [6.45, 7) is 0. The van der Waals surface area contributed by atoms with Gasteiger partial charge < -0.3 is 15.1 Å². The second kappa shape index (κ2) is 3.95. The van der Waals surface area contributed by atoms with Gasteiger partial charge >= 0.3 is 0 Å². The van der Waals surface area contributed by atoms with Gasteiger partial charge in [0, 0.05) is 43.0 Å². The van der Waals surface area contributed by atoms with Crippen LogP contribution in [0.25, 0.3) is 18.2 Å². The van der Waals surface area contributed by atoms with Crippen LogP contribution in [0.15, 0.2) is 34.0 Å². The summed E-state index contributed by atoms with van der Waals surface area (Å²) in [5.41, 5.74) is 12.1.